The van der Waals surface area contributed by atoms with Crippen LogP contribution < -0.4 is 10.2 Å². The molecule has 3 rings (SSSR count). The maximum atomic E-state index is 12.3. The van der Waals surface area contributed by atoms with E-state index in [1.165, 1.54) is 16.7 Å². The zero-order valence-corrected chi connectivity index (χ0v) is 17.4. The zero-order valence-electron chi connectivity index (χ0n) is 16.6. The first-order valence-corrected chi connectivity index (χ1v) is 10.6. The van der Waals surface area contributed by atoms with Crippen molar-refractivity contribution in [3.63, 3.8) is 0 Å². The van der Waals surface area contributed by atoms with Gasteiger partial charge >= 0.3 is 5.97 Å². The van der Waals surface area contributed by atoms with Crippen LogP contribution in [0.2, 0.25) is 0 Å². The van der Waals surface area contributed by atoms with Gasteiger partial charge in [0, 0.05) is 10.6 Å². The van der Waals surface area contributed by atoms with Crippen molar-refractivity contribution in [2.75, 3.05) is 29.1 Å². The monoisotopic (exact) mass is 412 g/mol. The van der Waals surface area contributed by atoms with Gasteiger partial charge in [-0.1, -0.05) is 44.2 Å². The van der Waals surface area contributed by atoms with Crippen molar-refractivity contribution in [2.45, 2.75) is 31.6 Å². The number of ether oxygens (including phenoxy) is 1. The Bertz CT molecular complexity index is 907. The summed E-state index contributed by atoms with van der Waals surface area (Å²) in [6, 6.07) is 13.3. The number of esters is 1. The van der Waals surface area contributed by atoms with Gasteiger partial charge in [-0.25, -0.2) is 0 Å². The third-order valence-electron chi connectivity index (χ3n) is 4.72. The molecule has 1 aliphatic rings. The van der Waals surface area contributed by atoms with Crippen LogP contribution in [-0.4, -0.2) is 36.7 Å². The summed E-state index contributed by atoms with van der Waals surface area (Å²) in [5.74, 6) is -0.887. The molecule has 1 N–H and O–H groups in total. The lowest BCUT2D eigenvalue weighted by Gasteiger charge is -2.27. The van der Waals surface area contributed by atoms with E-state index in [9.17, 15) is 14.4 Å². The average molecular weight is 413 g/mol. The van der Waals surface area contributed by atoms with Gasteiger partial charge in [0.05, 0.1) is 11.4 Å². The Morgan fingerprint density at radius 1 is 1.07 bits per heavy atom. The number of hydrogen-bond acceptors (Lipinski definition) is 5. The van der Waals surface area contributed by atoms with Gasteiger partial charge in [0.1, 0.15) is 6.54 Å². The van der Waals surface area contributed by atoms with Crippen molar-refractivity contribution in [3.8, 4) is 0 Å². The summed E-state index contributed by atoms with van der Waals surface area (Å²) in [6.07, 6.45) is 1.58. The quantitative estimate of drug-likeness (QED) is 0.705. The molecule has 0 atom stereocenters. The fraction of sp³-hybridized carbons (Fsp3) is 0.318. The summed E-state index contributed by atoms with van der Waals surface area (Å²) in [7, 11) is 0. The number of hydrogen-bond donors (Lipinski definition) is 1. The van der Waals surface area contributed by atoms with Crippen LogP contribution in [0, 0.1) is 0 Å². The Labute approximate surface area is 174 Å². The van der Waals surface area contributed by atoms with Crippen molar-refractivity contribution >= 4 is 40.9 Å². The molecular formula is C22H24N2O4S. The second kappa shape index (κ2) is 9.60. The van der Waals surface area contributed by atoms with Gasteiger partial charge in [0.2, 0.25) is 5.91 Å². The molecule has 0 fully saturated rings. The first kappa shape index (κ1) is 20.9. The number of para-hydroxylation sites is 2. The Kier molecular flexibility index (Phi) is 6.93. The van der Waals surface area contributed by atoms with Crippen LogP contribution in [0.3, 0.4) is 0 Å². The molecule has 2 aromatic carbocycles. The van der Waals surface area contributed by atoms with E-state index in [-0.39, 0.29) is 18.2 Å². The van der Waals surface area contributed by atoms with Crippen molar-refractivity contribution in [3.05, 3.63) is 53.6 Å². The number of nitrogens with zero attached hydrogens (tertiary/aromatic N) is 1. The first-order chi connectivity index (χ1) is 14.0. The standard InChI is InChI=1S/C22H24N2O4S/c1-3-15-8-7-9-16(4-2)22(15)23-19(25)13-28-21(27)12-24-17-10-5-6-11-18(17)29-14-20(24)26/h5-11H,3-4,12-14H2,1-2H3,(H,23,25). The molecule has 7 heteroatoms. The molecule has 2 aromatic rings. The molecular weight excluding hydrogens is 388 g/mol. The predicted molar refractivity (Wildman–Crippen MR) is 114 cm³/mol. The Morgan fingerprint density at radius 3 is 2.45 bits per heavy atom. The lowest BCUT2D eigenvalue weighted by atomic mass is 10.0. The Morgan fingerprint density at radius 2 is 1.76 bits per heavy atom. The molecule has 0 saturated carbocycles. The molecule has 0 aromatic heterocycles. The molecule has 0 unspecified atom stereocenters. The number of nitrogens with one attached hydrogen (secondary N) is 1. The predicted octanol–water partition coefficient (Wildman–Crippen LogP) is 3.43. The molecule has 0 bridgehead atoms. The molecule has 0 spiro atoms. The van der Waals surface area contributed by atoms with Gasteiger partial charge in [0.15, 0.2) is 6.61 Å². The maximum Gasteiger partial charge on any atom is 0.326 e. The fourth-order valence-electron chi connectivity index (χ4n) is 3.23. The van der Waals surface area contributed by atoms with Crippen LogP contribution in [0.5, 0.6) is 0 Å². The van der Waals surface area contributed by atoms with E-state index < -0.39 is 18.5 Å². The van der Waals surface area contributed by atoms with Crippen molar-refractivity contribution < 1.29 is 19.1 Å². The molecule has 0 saturated heterocycles. The molecule has 0 aliphatic carbocycles. The van der Waals surface area contributed by atoms with Gasteiger partial charge in [0.25, 0.3) is 5.91 Å². The van der Waals surface area contributed by atoms with Crippen LogP contribution in [-0.2, 0) is 32.0 Å². The number of benzene rings is 2. The third-order valence-corrected chi connectivity index (χ3v) is 5.77. The van der Waals surface area contributed by atoms with Crippen molar-refractivity contribution in [1.82, 2.24) is 0 Å². The minimum Gasteiger partial charge on any atom is -0.454 e. The molecule has 29 heavy (non-hydrogen) atoms. The number of aryl methyl sites for hydroxylation is 2. The molecule has 152 valence electrons. The van der Waals surface area contributed by atoms with E-state index in [0.717, 1.165) is 34.6 Å². The summed E-state index contributed by atoms with van der Waals surface area (Å²) in [6.45, 7) is 3.44. The highest BCUT2D eigenvalue weighted by Crippen LogP contribution is 2.34. The molecule has 1 heterocycles. The van der Waals surface area contributed by atoms with E-state index >= 15 is 0 Å². The highest BCUT2D eigenvalue weighted by atomic mass is 32.2. The number of fused-ring (bicyclic) bond motifs is 1. The van der Waals surface area contributed by atoms with Crippen LogP contribution in [0.4, 0.5) is 11.4 Å². The minimum absolute atomic E-state index is 0.153. The Balaban J connectivity index is 1.59. The van der Waals surface area contributed by atoms with Crippen LogP contribution in [0.1, 0.15) is 25.0 Å². The molecule has 2 amide bonds. The van der Waals surface area contributed by atoms with E-state index in [2.05, 4.69) is 5.32 Å². The van der Waals surface area contributed by atoms with Gasteiger partial charge in [-0.3, -0.25) is 19.3 Å². The van der Waals surface area contributed by atoms with E-state index in [1.54, 1.807) is 6.07 Å². The summed E-state index contributed by atoms with van der Waals surface area (Å²) in [5, 5.41) is 2.86. The molecule has 1 aliphatic heterocycles. The molecule has 0 radical (unpaired) electrons. The average Bonchev–Trinajstić information content (AvgIpc) is 2.74. The second-order valence-electron chi connectivity index (χ2n) is 6.60. The number of carbonyl (C=O) groups excluding carboxylic acids is 3. The van der Waals surface area contributed by atoms with Gasteiger partial charge in [-0.15, -0.1) is 11.8 Å². The lowest BCUT2D eigenvalue weighted by molar-refractivity contribution is -0.146. The summed E-state index contributed by atoms with van der Waals surface area (Å²) in [5.41, 5.74) is 3.56. The van der Waals surface area contributed by atoms with Crippen LogP contribution >= 0.6 is 11.8 Å². The van der Waals surface area contributed by atoms with Gasteiger partial charge in [-0.2, -0.15) is 0 Å². The van der Waals surface area contributed by atoms with Crippen LogP contribution in [0.15, 0.2) is 47.4 Å². The SMILES string of the molecule is CCc1cccc(CC)c1NC(=O)COC(=O)CN1C(=O)CSc2ccccc21. The topological polar surface area (TPSA) is 75.7 Å². The number of amides is 2. The fourth-order valence-corrected chi connectivity index (χ4v) is 4.16. The summed E-state index contributed by atoms with van der Waals surface area (Å²) >= 11 is 1.45. The largest absolute Gasteiger partial charge is 0.454 e. The smallest absolute Gasteiger partial charge is 0.326 e. The van der Waals surface area contributed by atoms with Crippen LogP contribution in [0.25, 0.3) is 0 Å². The maximum absolute atomic E-state index is 12.3. The highest BCUT2D eigenvalue weighted by Gasteiger charge is 2.27. The van der Waals surface area contributed by atoms with Gasteiger partial charge in [-0.05, 0) is 36.1 Å². The summed E-state index contributed by atoms with van der Waals surface area (Å²) in [4.78, 5) is 39.2. The second-order valence-corrected chi connectivity index (χ2v) is 7.62. The van der Waals surface area contributed by atoms with Gasteiger partial charge < -0.3 is 10.1 Å². The van der Waals surface area contributed by atoms with E-state index in [1.807, 2.05) is 50.2 Å². The van der Waals surface area contributed by atoms with Crippen molar-refractivity contribution in [1.29, 1.82) is 0 Å². The van der Waals surface area contributed by atoms with E-state index in [0.29, 0.717) is 5.69 Å². The number of anilines is 2. The first-order valence-electron chi connectivity index (χ1n) is 9.61. The number of thioether (sulfide) groups is 1. The summed E-state index contributed by atoms with van der Waals surface area (Å²) < 4.78 is 5.14. The Hall–Kier alpha value is -2.80. The minimum atomic E-state index is -0.616. The molecule has 6 nitrogen and oxygen atoms in total. The number of carbonyl (C=O) groups is 3. The number of rotatable bonds is 7. The zero-order chi connectivity index (χ0) is 20.8. The van der Waals surface area contributed by atoms with E-state index in [4.69, 9.17) is 4.74 Å². The normalized spacial score (nSPS) is 13.0. The van der Waals surface area contributed by atoms with Crippen molar-refractivity contribution in [2.24, 2.45) is 0 Å². The highest BCUT2D eigenvalue weighted by molar-refractivity contribution is 8.00. The third kappa shape index (κ3) is 4.98. The lowest BCUT2D eigenvalue weighted by Crippen LogP contribution is -2.40.